The summed E-state index contributed by atoms with van der Waals surface area (Å²) >= 11 is 6.10. The van der Waals surface area contributed by atoms with Crippen molar-refractivity contribution in [2.75, 3.05) is 5.73 Å². The maximum absolute atomic E-state index is 10.8. The third-order valence-electron chi connectivity index (χ3n) is 3.17. The summed E-state index contributed by atoms with van der Waals surface area (Å²) in [5.74, 6) is 0.653. The van der Waals surface area contributed by atoms with E-state index in [1.807, 2.05) is 26.0 Å². The lowest BCUT2D eigenvalue weighted by Gasteiger charge is -2.11. The highest BCUT2D eigenvalue weighted by atomic mass is 35.5. The summed E-state index contributed by atoms with van der Waals surface area (Å²) in [6, 6.07) is 8.31. The van der Waals surface area contributed by atoms with Gasteiger partial charge in [0, 0.05) is 16.7 Å². The molecule has 21 heavy (non-hydrogen) atoms. The smallest absolute Gasteiger partial charge is 0.292 e. The fraction of sp³-hybridized carbons (Fsp3) is 0.200. The molecule has 0 aliphatic heterocycles. The maximum atomic E-state index is 10.8. The average Bonchev–Trinajstić information content (AvgIpc) is 2.43. The fourth-order valence-corrected chi connectivity index (χ4v) is 2.14. The minimum Gasteiger partial charge on any atom is -0.489 e. The van der Waals surface area contributed by atoms with E-state index >= 15 is 0 Å². The van der Waals surface area contributed by atoms with Crippen molar-refractivity contribution in [2.24, 2.45) is 0 Å². The van der Waals surface area contributed by atoms with Crippen LogP contribution < -0.4 is 10.5 Å². The van der Waals surface area contributed by atoms with E-state index in [-0.39, 0.29) is 18.0 Å². The molecule has 0 aliphatic rings. The number of para-hydroxylation sites is 1. The number of ether oxygens (including phenoxy) is 1. The number of nitrogens with two attached hydrogens (primary N) is 1. The largest absolute Gasteiger partial charge is 0.489 e. The van der Waals surface area contributed by atoms with Gasteiger partial charge in [-0.2, -0.15) is 0 Å². The molecule has 2 rings (SSSR count). The Morgan fingerprint density at radius 1 is 1.29 bits per heavy atom. The molecule has 0 saturated carbocycles. The number of halogens is 1. The van der Waals surface area contributed by atoms with E-state index in [9.17, 15) is 10.1 Å². The molecule has 2 N–H and O–H groups in total. The van der Waals surface area contributed by atoms with Crippen LogP contribution in [0.3, 0.4) is 0 Å². The molecule has 0 radical (unpaired) electrons. The number of nitro benzene ring substituents is 1. The molecule has 0 atom stereocenters. The minimum absolute atomic E-state index is 0.112. The topological polar surface area (TPSA) is 78.4 Å². The van der Waals surface area contributed by atoms with Gasteiger partial charge in [0.05, 0.1) is 4.92 Å². The number of rotatable bonds is 4. The maximum Gasteiger partial charge on any atom is 0.292 e. The number of nitrogens with zero attached hydrogens (tertiary/aromatic N) is 1. The molecule has 6 heteroatoms. The molecule has 110 valence electrons. The van der Waals surface area contributed by atoms with Crippen molar-refractivity contribution in [1.29, 1.82) is 0 Å². The molecular formula is C15H15ClN2O3. The van der Waals surface area contributed by atoms with E-state index in [0.717, 1.165) is 11.1 Å². The van der Waals surface area contributed by atoms with Gasteiger partial charge in [0.2, 0.25) is 0 Å². The average molecular weight is 307 g/mol. The van der Waals surface area contributed by atoms with E-state index in [0.29, 0.717) is 16.3 Å². The standard InChI is InChI=1S/C15H15ClN2O3/c1-9-6-12(7-10(2)14(9)16)21-8-11-4-3-5-13(15(11)17)18(19)20/h3-7H,8,17H2,1-2H3. The molecule has 0 saturated heterocycles. The highest BCUT2D eigenvalue weighted by molar-refractivity contribution is 6.32. The van der Waals surface area contributed by atoms with Gasteiger partial charge in [-0.15, -0.1) is 0 Å². The number of benzene rings is 2. The van der Waals surface area contributed by atoms with Crippen molar-refractivity contribution in [1.82, 2.24) is 0 Å². The van der Waals surface area contributed by atoms with Crippen LogP contribution in [-0.4, -0.2) is 4.92 Å². The van der Waals surface area contributed by atoms with Crippen LogP contribution in [0.5, 0.6) is 5.75 Å². The SMILES string of the molecule is Cc1cc(OCc2cccc([N+](=O)[O-])c2N)cc(C)c1Cl. The van der Waals surface area contributed by atoms with Crippen LogP contribution in [0.15, 0.2) is 30.3 Å². The van der Waals surface area contributed by atoms with Crippen molar-refractivity contribution in [3.63, 3.8) is 0 Å². The summed E-state index contributed by atoms with van der Waals surface area (Å²) in [7, 11) is 0. The molecule has 0 amide bonds. The van der Waals surface area contributed by atoms with E-state index in [1.165, 1.54) is 6.07 Å². The highest BCUT2D eigenvalue weighted by Gasteiger charge is 2.14. The van der Waals surface area contributed by atoms with Crippen LogP contribution in [0.25, 0.3) is 0 Å². The molecule has 0 fully saturated rings. The van der Waals surface area contributed by atoms with Gasteiger partial charge < -0.3 is 10.5 Å². The van der Waals surface area contributed by atoms with Gasteiger partial charge >= 0.3 is 0 Å². The lowest BCUT2D eigenvalue weighted by molar-refractivity contribution is -0.384. The first kappa shape index (κ1) is 15.1. The first-order valence-corrected chi connectivity index (χ1v) is 6.69. The van der Waals surface area contributed by atoms with Gasteiger partial charge in [0.25, 0.3) is 5.69 Å². The van der Waals surface area contributed by atoms with Crippen LogP contribution in [0, 0.1) is 24.0 Å². The summed E-state index contributed by atoms with van der Waals surface area (Å²) < 4.78 is 5.66. The molecule has 0 unspecified atom stereocenters. The van der Waals surface area contributed by atoms with Crippen molar-refractivity contribution < 1.29 is 9.66 Å². The first-order valence-electron chi connectivity index (χ1n) is 6.31. The van der Waals surface area contributed by atoms with Gasteiger partial charge in [0.1, 0.15) is 18.0 Å². The van der Waals surface area contributed by atoms with Crippen LogP contribution in [0.4, 0.5) is 11.4 Å². The molecule has 2 aromatic rings. The zero-order valence-corrected chi connectivity index (χ0v) is 12.5. The molecule has 0 heterocycles. The van der Waals surface area contributed by atoms with Crippen molar-refractivity contribution >= 4 is 23.0 Å². The van der Waals surface area contributed by atoms with Gasteiger partial charge in [-0.25, -0.2) is 0 Å². The van der Waals surface area contributed by atoms with Crippen LogP contribution in [-0.2, 0) is 6.61 Å². The Kier molecular flexibility index (Phi) is 4.33. The second-order valence-corrected chi connectivity index (χ2v) is 5.14. The second-order valence-electron chi connectivity index (χ2n) is 4.77. The molecule has 5 nitrogen and oxygen atoms in total. The zero-order chi connectivity index (χ0) is 15.6. The number of aryl methyl sites for hydroxylation is 2. The Balaban J connectivity index is 2.21. The van der Waals surface area contributed by atoms with Gasteiger partial charge in [0.15, 0.2) is 0 Å². The molecule has 2 aromatic carbocycles. The number of nitro groups is 1. The number of anilines is 1. The predicted octanol–water partition coefficient (Wildman–Crippen LogP) is 4.03. The Bertz CT molecular complexity index is 678. The predicted molar refractivity (Wildman–Crippen MR) is 82.8 cm³/mol. The highest BCUT2D eigenvalue weighted by Crippen LogP contribution is 2.28. The summed E-state index contributed by atoms with van der Waals surface area (Å²) in [4.78, 5) is 10.3. The van der Waals surface area contributed by atoms with Gasteiger partial charge in [-0.05, 0) is 37.1 Å². The summed E-state index contributed by atoms with van der Waals surface area (Å²) in [6.07, 6.45) is 0. The number of hydrogen-bond donors (Lipinski definition) is 1. The number of hydrogen-bond acceptors (Lipinski definition) is 4. The Morgan fingerprint density at radius 3 is 2.48 bits per heavy atom. The normalized spacial score (nSPS) is 10.4. The summed E-state index contributed by atoms with van der Waals surface area (Å²) in [5, 5.41) is 11.6. The molecule has 0 spiro atoms. The Hall–Kier alpha value is -2.27. The van der Waals surface area contributed by atoms with Crippen molar-refractivity contribution in [3.05, 3.63) is 62.2 Å². The lowest BCUT2D eigenvalue weighted by Crippen LogP contribution is -2.03. The molecule has 0 aromatic heterocycles. The third-order valence-corrected chi connectivity index (χ3v) is 3.77. The van der Waals surface area contributed by atoms with Crippen LogP contribution in [0.1, 0.15) is 16.7 Å². The Morgan fingerprint density at radius 2 is 1.90 bits per heavy atom. The van der Waals surface area contributed by atoms with Crippen molar-refractivity contribution in [2.45, 2.75) is 20.5 Å². The monoisotopic (exact) mass is 306 g/mol. The fourth-order valence-electron chi connectivity index (χ4n) is 2.04. The number of nitrogen functional groups attached to an aromatic ring is 1. The van der Waals surface area contributed by atoms with E-state index in [1.54, 1.807) is 12.1 Å². The molecular weight excluding hydrogens is 292 g/mol. The summed E-state index contributed by atoms with van der Waals surface area (Å²) in [6.45, 7) is 3.95. The molecule has 0 aliphatic carbocycles. The van der Waals surface area contributed by atoms with Crippen molar-refractivity contribution in [3.8, 4) is 5.75 Å². The van der Waals surface area contributed by atoms with E-state index < -0.39 is 4.92 Å². The van der Waals surface area contributed by atoms with E-state index in [2.05, 4.69) is 0 Å². The second kappa shape index (κ2) is 6.01. The lowest BCUT2D eigenvalue weighted by atomic mass is 10.1. The minimum atomic E-state index is -0.505. The van der Waals surface area contributed by atoms with Gasteiger partial charge in [-0.1, -0.05) is 23.7 Å². The summed E-state index contributed by atoms with van der Waals surface area (Å²) in [5.41, 5.74) is 8.22. The van der Waals surface area contributed by atoms with Crippen LogP contribution >= 0.6 is 11.6 Å². The Labute approximate surface area is 127 Å². The zero-order valence-electron chi connectivity index (χ0n) is 11.7. The first-order chi connectivity index (χ1) is 9.90. The van der Waals surface area contributed by atoms with E-state index in [4.69, 9.17) is 22.1 Å². The van der Waals surface area contributed by atoms with Crippen LogP contribution in [0.2, 0.25) is 5.02 Å². The van der Waals surface area contributed by atoms with Gasteiger partial charge in [-0.3, -0.25) is 10.1 Å². The molecule has 0 bridgehead atoms. The third kappa shape index (κ3) is 3.25. The quantitative estimate of drug-likeness (QED) is 0.525.